The second-order valence-electron chi connectivity index (χ2n) is 3.51. The molecule has 0 saturated carbocycles. The standard InChI is InChI=1S/C13H18O3/c1-4-5-8-16-12-7-6-11(10(2)14)9-13(12)15-3/h4,6-7,9-10,14H,1,5,8H2,2-3H3/t10-/m0/s1. The zero-order valence-electron chi connectivity index (χ0n) is 9.77. The summed E-state index contributed by atoms with van der Waals surface area (Å²) in [5.74, 6) is 1.33. The van der Waals surface area contributed by atoms with E-state index >= 15 is 0 Å². The highest BCUT2D eigenvalue weighted by atomic mass is 16.5. The second-order valence-corrected chi connectivity index (χ2v) is 3.51. The van der Waals surface area contributed by atoms with Gasteiger partial charge in [-0.05, 0) is 31.0 Å². The van der Waals surface area contributed by atoms with Gasteiger partial charge in [-0.15, -0.1) is 6.58 Å². The van der Waals surface area contributed by atoms with Gasteiger partial charge >= 0.3 is 0 Å². The summed E-state index contributed by atoms with van der Waals surface area (Å²) < 4.78 is 10.7. The monoisotopic (exact) mass is 222 g/mol. The quantitative estimate of drug-likeness (QED) is 0.594. The Morgan fingerprint density at radius 1 is 1.44 bits per heavy atom. The third kappa shape index (κ3) is 3.28. The van der Waals surface area contributed by atoms with Gasteiger partial charge in [0.05, 0.1) is 19.8 Å². The maximum atomic E-state index is 9.44. The van der Waals surface area contributed by atoms with E-state index < -0.39 is 6.10 Å². The van der Waals surface area contributed by atoms with Crippen molar-refractivity contribution >= 4 is 0 Å². The van der Waals surface area contributed by atoms with Gasteiger partial charge in [-0.25, -0.2) is 0 Å². The molecule has 0 heterocycles. The molecule has 16 heavy (non-hydrogen) atoms. The molecule has 1 aromatic rings. The minimum absolute atomic E-state index is 0.504. The molecular weight excluding hydrogens is 204 g/mol. The number of methoxy groups -OCH3 is 1. The fourth-order valence-electron chi connectivity index (χ4n) is 1.32. The molecule has 0 fully saturated rings. The van der Waals surface area contributed by atoms with E-state index in [9.17, 15) is 5.11 Å². The van der Waals surface area contributed by atoms with Crippen molar-refractivity contribution in [3.63, 3.8) is 0 Å². The van der Waals surface area contributed by atoms with Crippen molar-refractivity contribution in [1.82, 2.24) is 0 Å². The Hall–Kier alpha value is -1.48. The van der Waals surface area contributed by atoms with Crippen LogP contribution in [-0.4, -0.2) is 18.8 Å². The molecule has 0 aromatic heterocycles. The summed E-state index contributed by atoms with van der Waals surface area (Å²) in [6.45, 7) is 5.92. The molecule has 0 bridgehead atoms. The van der Waals surface area contributed by atoms with Crippen LogP contribution in [0.25, 0.3) is 0 Å². The Morgan fingerprint density at radius 2 is 2.19 bits per heavy atom. The molecule has 3 nitrogen and oxygen atoms in total. The van der Waals surface area contributed by atoms with Gasteiger partial charge in [-0.3, -0.25) is 0 Å². The molecule has 0 aliphatic heterocycles. The van der Waals surface area contributed by atoms with Crippen molar-refractivity contribution in [2.45, 2.75) is 19.4 Å². The fourth-order valence-corrected chi connectivity index (χ4v) is 1.32. The van der Waals surface area contributed by atoms with Crippen molar-refractivity contribution in [3.05, 3.63) is 36.4 Å². The molecule has 0 radical (unpaired) electrons. The summed E-state index contributed by atoms with van der Waals surface area (Å²) in [4.78, 5) is 0. The van der Waals surface area contributed by atoms with Crippen LogP contribution >= 0.6 is 0 Å². The topological polar surface area (TPSA) is 38.7 Å². The van der Waals surface area contributed by atoms with Crippen LogP contribution in [0.2, 0.25) is 0 Å². The van der Waals surface area contributed by atoms with Crippen molar-refractivity contribution < 1.29 is 14.6 Å². The SMILES string of the molecule is C=CCCOc1ccc([C@H](C)O)cc1OC. The normalized spacial score (nSPS) is 11.9. The molecule has 88 valence electrons. The number of rotatable bonds is 6. The summed E-state index contributed by atoms with van der Waals surface area (Å²) in [6, 6.07) is 5.42. The summed E-state index contributed by atoms with van der Waals surface area (Å²) in [7, 11) is 1.58. The third-order valence-electron chi connectivity index (χ3n) is 2.25. The first-order valence-corrected chi connectivity index (χ1v) is 5.28. The first-order chi connectivity index (χ1) is 7.69. The van der Waals surface area contributed by atoms with Gasteiger partial charge in [0.25, 0.3) is 0 Å². The summed E-state index contributed by atoms with van der Waals surface area (Å²) in [5.41, 5.74) is 0.813. The van der Waals surface area contributed by atoms with Crippen molar-refractivity contribution in [3.8, 4) is 11.5 Å². The minimum Gasteiger partial charge on any atom is -0.493 e. The first-order valence-electron chi connectivity index (χ1n) is 5.28. The van der Waals surface area contributed by atoms with E-state index in [4.69, 9.17) is 9.47 Å². The zero-order chi connectivity index (χ0) is 12.0. The molecule has 1 N–H and O–H groups in total. The predicted molar refractivity (Wildman–Crippen MR) is 63.9 cm³/mol. The van der Waals surface area contributed by atoms with E-state index in [1.807, 2.05) is 12.1 Å². The minimum atomic E-state index is -0.504. The zero-order valence-corrected chi connectivity index (χ0v) is 9.77. The lowest BCUT2D eigenvalue weighted by Gasteiger charge is -2.12. The summed E-state index contributed by atoms with van der Waals surface area (Å²) in [5, 5.41) is 9.44. The van der Waals surface area contributed by atoms with Crippen LogP contribution in [0.4, 0.5) is 0 Å². The summed E-state index contributed by atoms with van der Waals surface area (Å²) in [6.07, 6.45) is 2.09. The number of hydrogen-bond acceptors (Lipinski definition) is 3. The van der Waals surface area contributed by atoms with Crippen molar-refractivity contribution in [2.75, 3.05) is 13.7 Å². The number of hydrogen-bond donors (Lipinski definition) is 1. The lowest BCUT2D eigenvalue weighted by molar-refractivity contribution is 0.198. The van der Waals surface area contributed by atoms with Crippen LogP contribution in [0.5, 0.6) is 11.5 Å². The Balaban J connectivity index is 2.80. The number of aliphatic hydroxyl groups excluding tert-OH is 1. The molecule has 3 heteroatoms. The van der Waals surface area contributed by atoms with Gasteiger partial charge in [0, 0.05) is 0 Å². The molecule has 0 saturated heterocycles. The van der Waals surface area contributed by atoms with Crippen LogP contribution in [0.3, 0.4) is 0 Å². The molecule has 0 aliphatic rings. The van der Waals surface area contributed by atoms with Crippen LogP contribution in [-0.2, 0) is 0 Å². The highest BCUT2D eigenvalue weighted by Crippen LogP contribution is 2.30. The van der Waals surface area contributed by atoms with E-state index in [-0.39, 0.29) is 0 Å². The van der Waals surface area contributed by atoms with E-state index in [2.05, 4.69) is 6.58 Å². The van der Waals surface area contributed by atoms with Gasteiger partial charge < -0.3 is 14.6 Å². The van der Waals surface area contributed by atoms with Crippen LogP contribution in [0.15, 0.2) is 30.9 Å². The average Bonchev–Trinajstić information content (AvgIpc) is 2.29. The van der Waals surface area contributed by atoms with Crippen LogP contribution < -0.4 is 9.47 Å². The van der Waals surface area contributed by atoms with Gasteiger partial charge in [0.1, 0.15) is 0 Å². The number of benzene rings is 1. The molecule has 1 aromatic carbocycles. The largest absolute Gasteiger partial charge is 0.493 e. The van der Waals surface area contributed by atoms with Gasteiger partial charge in [0.2, 0.25) is 0 Å². The lowest BCUT2D eigenvalue weighted by atomic mass is 10.1. The van der Waals surface area contributed by atoms with E-state index in [0.717, 1.165) is 12.0 Å². The highest BCUT2D eigenvalue weighted by molar-refractivity contribution is 5.43. The first kappa shape index (κ1) is 12.6. The lowest BCUT2D eigenvalue weighted by Crippen LogP contribution is -1.99. The molecule has 1 rings (SSSR count). The molecule has 0 unspecified atom stereocenters. The molecule has 0 aliphatic carbocycles. The second kappa shape index (κ2) is 6.18. The molecule has 0 amide bonds. The Labute approximate surface area is 96.3 Å². The Kier molecular flexibility index (Phi) is 4.86. The van der Waals surface area contributed by atoms with Crippen LogP contribution in [0.1, 0.15) is 25.0 Å². The summed E-state index contributed by atoms with van der Waals surface area (Å²) >= 11 is 0. The van der Waals surface area contributed by atoms with Crippen molar-refractivity contribution in [1.29, 1.82) is 0 Å². The average molecular weight is 222 g/mol. The van der Waals surface area contributed by atoms with E-state index in [1.54, 1.807) is 26.2 Å². The fraction of sp³-hybridized carbons (Fsp3) is 0.385. The number of aliphatic hydroxyl groups is 1. The Morgan fingerprint density at radius 3 is 2.75 bits per heavy atom. The van der Waals surface area contributed by atoms with Gasteiger partial charge in [-0.2, -0.15) is 0 Å². The maximum absolute atomic E-state index is 9.44. The predicted octanol–water partition coefficient (Wildman–Crippen LogP) is 2.70. The van der Waals surface area contributed by atoms with Gasteiger partial charge in [-0.1, -0.05) is 12.1 Å². The maximum Gasteiger partial charge on any atom is 0.161 e. The van der Waals surface area contributed by atoms with Crippen LogP contribution in [0, 0.1) is 0 Å². The molecule has 1 atom stereocenters. The molecule has 0 spiro atoms. The molecular formula is C13H18O3. The third-order valence-corrected chi connectivity index (χ3v) is 2.25. The Bertz CT molecular complexity index is 345. The number of ether oxygens (including phenoxy) is 2. The highest BCUT2D eigenvalue weighted by Gasteiger charge is 2.08. The van der Waals surface area contributed by atoms with Crippen molar-refractivity contribution in [2.24, 2.45) is 0 Å². The smallest absolute Gasteiger partial charge is 0.161 e. The van der Waals surface area contributed by atoms with E-state index in [1.165, 1.54) is 0 Å². The van der Waals surface area contributed by atoms with E-state index in [0.29, 0.717) is 18.1 Å². The van der Waals surface area contributed by atoms with Gasteiger partial charge in [0.15, 0.2) is 11.5 Å².